The van der Waals surface area contributed by atoms with Crippen LogP contribution in [-0.2, 0) is 22.4 Å². The number of fused-ring (bicyclic) bond motifs is 3. The second-order valence-electron chi connectivity index (χ2n) is 6.77. The SMILES string of the molecule is CCOC(=O)[C@@H]1Cc2c([nH]c3ccccc23)[C@H](c2ccc(CC)cc2)N1. The molecule has 0 spiro atoms. The fraction of sp³-hybridized carbons (Fsp3) is 0.318. The van der Waals surface area contributed by atoms with Gasteiger partial charge in [-0.05, 0) is 36.1 Å². The van der Waals surface area contributed by atoms with Gasteiger partial charge in [-0.2, -0.15) is 0 Å². The molecule has 0 amide bonds. The number of carbonyl (C=O) groups excluding carboxylic acids is 1. The highest BCUT2D eigenvalue weighted by Gasteiger charge is 2.34. The van der Waals surface area contributed by atoms with Crippen molar-refractivity contribution in [1.29, 1.82) is 0 Å². The maximum absolute atomic E-state index is 12.4. The molecule has 2 aromatic carbocycles. The van der Waals surface area contributed by atoms with Crippen molar-refractivity contribution in [2.45, 2.75) is 38.8 Å². The second-order valence-corrected chi connectivity index (χ2v) is 6.77. The number of hydrogen-bond donors (Lipinski definition) is 2. The number of aryl methyl sites for hydroxylation is 1. The fourth-order valence-electron chi connectivity index (χ4n) is 3.84. The number of ether oxygens (including phenoxy) is 1. The van der Waals surface area contributed by atoms with E-state index in [0.29, 0.717) is 13.0 Å². The summed E-state index contributed by atoms with van der Waals surface area (Å²) in [7, 11) is 0. The Labute approximate surface area is 153 Å². The first kappa shape index (κ1) is 16.9. The molecule has 0 fully saturated rings. The number of nitrogens with one attached hydrogen (secondary N) is 2. The van der Waals surface area contributed by atoms with Gasteiger partial charge in [0.2, 0.25) is 0 Å². The maximum atomic E-state index is 12.4. The van der Waals surface area contributed by atoms with Crippen LogP contribution in [0.2, 0.25) is 0 Å². The molecule has 0 radical (unpaired) electrons. The zero-order chi connectivity index (χ0) is 18.1. The van der Waals surface area contributed by atoms with Gasteiger partial charge in [-0.15, -0.1) is 0 Å². The highest BCUT2D eigenvalue weighted by Crippen LogP contribution is 2.35. The van der Waals surface area contributed by atoms with Gasteiger partial charge in [0.1, 0.15) is 6.04 Å². The van der Waals surface area contributed by atoms with E-state index in [1.807, 2.05) is 19.1 Å². The Morgan fingerprint density at radius 2 is 1.88 bits per heavy atom. The molecule has 0 bridgehead atoms. The van der Waals surface area contributed by atoms with Crippen LogP contribution in [0.25, 0.3) is 10.9 Å². The molecule has 0 aliphatic carbocycles. The van der Waals surface area contributed by atoms with Gasteiger partial charge in [0, 0.05) is 23.0 Å². The number of benzene rings is 2. The van der Waals surface area contributed by atoms with Crippen LogP contribution >= 0.6 is 0 Å². The number of esters is 1. The van der Waals surface area contributed by atoms with Gasteiger partial charge in [-0.3, -0.25) is 10.1 Å². The predicted molar refractivity (Wildman–Crippen MR) is 103 cm³/mol. The predicted octanol–water partition coefficient (Wildman–Crippen LogP) is 3.90. The zero-order valence-corrected chi connectivity index (χ0v) is 15.2. The van der Waals surface area contributed by atoms with Gasteiger partial charge >= 0.3 is 5.97 Å². The molecule has 4 heteroatoms. The van der Waals surface area contributed by atoms with Crippen molar-refractivity contribution in [3.05, 3.63) is 70.9 Å². The summed E-state index contributed by atoms with van der Waals surface area (Å²) in [5, 5.41) is 4.69. The molecule has 2 heterocycles. The zero-order valence-electron chi connectivity index (χ0n) is 15.2. The Kier molecular flexibility index (Phi) is 4.51. The third-order valence-electron chi connectivity index (χ3n) is 5.20. The average Bonchev–Trinajstić information content (AvgIpc) is 3.06. The van der Waals surface area contributed by atoms with Gasteiger partial charge in [0.05, 0.1) is 12.6 Å². The van der Waals surface area contributed by atoms with Crippen LogP contribution in [-0.4, -0.2) is 23.6 Å². The number of H-pyrrole nitrogens is 1. The van der Waals surface area contributed by atoms with Crippen LogP contribution in [0.5, 0.6) is 0 Å². The lowest BCUT2D eigenvalue weighted by Crippen LogP contribution is -2.45. The molecule has 4 rings (SSSR count). The minimum absolute atomic E-state index is 0.0496. The molecular formula is C22H24N2O2. The van der Waals surface area contributed by atoms with E-state index < -0.39 is 0 Å². The van der Waals surface area contributed by atoms with Crippen molar-refractivity contribution >= 4 is 16.9 Å². The van der Waals surface area contributed by atoms with E-state index in [2.05, 4.69) is 53.6 Å². The molecule has 26 heavy (non-hydrogen) atoms. The van der Waals surface area contributed by atoms with Crippen molar-refractivity contribution in [2.24, 2.45) is 0 Å². The molecular weight excluding hydrogens is 324 g/mol. The molecule has 2 atom stereocenters. The van der Waals surface area contributed by atoms with Crippen LogP contribution in [0.3, 0.4) is 0 Å². The number of carbonyl (C=O) groups is 1. The lowest BCUT2D eigenvalue weighted by atomic mass is 9.90. The molecule has 1 aliphatic heterocycles. The Morgan fingerprint density at radius 3 is 2.62 bits per heavy atom. The highest BCUT2D eigenvalue weighted by atomic mass is 16.5. The van der Waals surface area contributed by atoms with Gasteiger partial charge in [0.25, 0.3) is 0 Å². The summed E-state index contributed by atoms with van der Waals surface area (Å²) in [5.41, 5.74) is 5.93. The van der Waals surface area contributed by atoms with Crippen molar-refractivity contribution in [2.75, 3.05) is 6.61 Å². The number of aromatic amines is 1. The Balaban J connectivity index is 1.80. The quantitative estimate of drug-likeness (QED) is 0.703. The molecule has 134 valence electrons. The normalized spacial score (nSPS) is 19.3. The van der Waals surface area contributed by atoms with Crippen LogP contribution in [0.15, 0.2) is 48.5 Å². The number of hydrogen-bond acceptors (Lipinski definition) is 3. The van der Waals surface area contributed by atoms with Crippen molar-refractivity contribution in [3.63, 3.8) is 0 Å². The van der Waals surface area contributed by atoms with E-state index in [1.165, 1.54) is 16.5 Å². The van der Waals surface area contributed by atoms with Crippen LogP contribution in [0.4, 0.5) is 0 Å². The third kappa shape index (κ3) is 2.90. The van der Waals surface area contributed by atoms with E-state index in [-0.39, 0.29) is 18.1 Å². The van der Waals surface area contributed by atoms with Crippen LogP contribution in [0, 0.1) is 0 Å². The summed E-state index contributed by atoms with van der Waals surface area (Å²) in [6, 6.07) is 16.5. The fourth-order valence-corrected chi connectivity index (χ4v) is 3.84. The van der Waals surface area contributed by atoms with Crippen LogP contribution in [0.1, 0.15) is 42.3 Å². The molecule has 2 N–H and O–H groups in total. The first-order valence-electron chi connectivity index (χ1n) is 9.32. The Morgan fingerprint density at radius 1 is 1.12 bits per heavy atom. The lowest BCUT2D eigenvalue weighted by Gasteiger charge is -2.30. The molecule has 1 aromatic heterocycles. The van der Waals surface area contributed by atoms with Gasteiger partial charge in [-0.25, -0.2) is 0 Å². The summed E-state index contributed by atoms with van der Waals surface area (Å²) >= 11 is 0. The van der Waals surface area contributed by atoms with E-state index in [0.717, 1.165) is 23.2 Å². The largest absolute Gasteiger partial charge is 0.465 e. The van der Waals surface area contributed by atoms with E-state index in [9.17, 15) is 4.79 Å². The van der Waals surface area contributed by atoms with Gasteiger partial charge in [-0.1, -0.05) is 49.4 Å². The Bertz CT molecular complexity index is 927. The molecule has 3 aromatic rings. The van der Waals surface area contributed by atoms with Gasteiger partial charge in [0.15, 0.2) is 0 Å². The molecule has 0 saturated carbocycles. The minimum atomic E-state index is -0.336. The average molecular weight is 348 g/mol. The molecule has 0 saturated heterocycles. The third-order valence-corrected chi connectivity index (χ3v) is 5.20. The smallest absolute Gasteiger partial charge is 0.323 e. The summed E-state index contributed by atoms with van der Waals surface area (Å²) < 4.78 is 5.29. The maximum Gasteiger partial charge on any atom is 0.323 e. The van der Waals surface area contributed by atoms with Crippen molar-refractivity contribution in [1.82, 2.24) is 10.3 Å². The monoisotopic (exact) mass is 348 g/mol. The highest BCUT2D eigenvalue weighted by molar-refractivity contribution is 5.87. The number of para-hydroxylation sites is 1. The summed E-state index contributed by atoms with van der Waals surface area (Å²) in [5.74, 6) is -0.182. The number of rotatable bonds is 4. The van der Waals surface area contributed by atoms with Crippen molar-refractivity contribution < 1.29 is 9.53 Å². The van der Waals surface area contributed by atoms with Crippen LogP contribution < -0.4 is 5.32 Å². The standard InChI is InChI=1S/C22H24N2O2/c1-3-14-9-11-15(12-10-14)20-21-17(13-19(24-20)22(25)26-4-2)16-7-5-6-8-18(16)23-21/h5-12,19-20,23-24H,3-4,13H2,1-2H3/t19-,20-/m0/s1. The van der Waals surface area contributed by atoms with Crippen molar-refractivity contribution in [3.8, 4) is 0 Å². The lowest BCUT2D eigenvalue weighted by molar-refractivity contribution is -0.146. The molecule has 1 aliphatic rings. The first-order valence-corrected chi connectivity index (χ1v) is 9.32. The molecule has 4 nitrogen and oxygen atoms in total. The van der Waals surface area contributed by atoms with E-state index in [4.69, 9.17) is 4.74 Å². The first-order chi connectivity index (χ1) is 12.7. The Hall–Kier alpha value is -2.59. The summed E-state index contributed by atoms with van der Waals surface area (Å²) in [6.45, 7) is 4.40. The van der Waals surface area contributed by atoms with E-state index >= 15 is 0 Å². The second kappa shape index (κ2) is 6.96. The van der Waals surface area contributed by atoms with E-state index in [1.54, 1.807) is 0 Å². The summed E-state index contributed by atoms with van der Waals surface area (Å²) in [6.07, 6.45) is 1.66. The topological polar surface area (TPSA) is 54.1 Å². The minimum Gasteiger partial charge on any atom is -0.465 e. The van der Waals surface area contributed by atoms with Gasteiger partial charge < -0.3 is 9.72 Å². The molecule has 0 unspecified atom stereocenters. The number of aromatic nitrogens is 1. The summed E-state index contributed by atoms with van der Waals surface area (Å²) in [4.78, 5) is 16.0.